The zero-order chi connectivity index (χ0) is 15.8. The van der Waals surface area contributed by atoms with Gasteiger partial charge in [0.05, 0.1) is 13.2 Å². The van der Waals surface area contributed by atoms with Crippen LogP contribution in [0.3, 0.4) is 0 Å². The van der Waals surface area contributed by atoms with Crippen LogP contribution in [0.15, 0.2) is 16.6 Å². The average molecular weight is 435 g/mol. The topological polar surface area (TPSA) is 36.9 Å². The summed E-state index contributed by atoms with van der Waals surface area (Å²) in [6.07, 6.45) is 9.62. The molecule has 2 heterocycles. The fourth-order valence-corrected chi connectivity index (χ4v) is 3.76. The summed E-state index contributed by atoms with van der Waals surface area (Å²) < 4.78 is 5.36. The van der Waals surface area contributed by atoms with Crippen molar-refractivity contribution in [1.82, 2.24) is 10.2 Å². The van der Waals surface area contributed by atoms with Crippen LogP contribution in [0.25, 0.3) is 0 Å². The van der Waals surface area contributed by atoms with Gasteiger partial charge in [-0.15, -0.1) is 24.0 Å². The van der Waals surface area contributed by atoms with E-state index in [9.17, 15) is 0 Å². The summed E-state index contributed by atoms with van der Waals surface area (Å²) in [4.78, 5) is 6.96. The maximum absolute atomic E-state index is 5.36. The van der Waals surface area contributed by atoms with Gasteiger partial charge < -0.3 is 15.0 Å². The molecule has 0 saturated carbocycles. The molecule has 0 aromatic heterocycles. The minimum Gasteiger partial charge on any atom is -0.377 e. The van der Waals surface area contributed by atoms with Crippen LogP contribution >= 0.6 is 24.0 Å². The predicted octanol–water partition coefficient (Wildman–Crippen LogP) is 3.82. The Labute approximate surface area is 159 Å². The zero-order valence-electron chi connectivity index (χ0n) is 15.1. The first-order valence-electron chi connectivity index (χ1n) is 8.88. The first-order chi connectivity index (χ1) is 10.7. The van der Waals surface area contributed by atoms with E-state index in [1.807, 2.05) is 7.05 Å². The summed E-state index contributed by atoms with van der Waals surface area (Å²) in [7, 11) is 1.90. The number of rotatable bonds is 5. The van der Waals surface area contributed by atoms with E-state index in [2.05, 4.69) is 35.1 Å². The van der Waals surface area contributed by atoms with Crippen LogP contribution in [0.4, 0.5) is 0 Å². The van der Waals surface area contributed by atoms with E-state index < -0.39 is 0 Å². The molecule has 0 spiro atoms. The van der Waals surface area contributed by atoms with Crippen LogP contribution in [0.2, 0.25) is 0 Å². The van der Waals surface area contributed by atoms with Crippen molar-refractivity contribution in [1.29, 1.82) is 0 Å². The molecule has 0 aromatic carbocycles. The molecule has 1 atom stereocenters. The largest absolute Gasteiger partial charge is 0.377 e. The second-order valence-corrected chi connectivity index (χ2v) is 7.00. The van der Waals surface area contributed by atoms with Gasteiger partial charge in [-0.3, -0.25) is 4.99 Å². The number of halogens is 1. The highest BCUT2D eigenvalue weighted by molar-refractivity contribution is 14.0. The fourth-order valence-electron chi connectivity index (χ4n) is 3.76. The van der Waals surface area contributed by atoms with E-state index in [0.29, 0.717) is 5.41 Å². The molecule has 1 saturated heterocycles. The molecule has 1 N–H and O–H groups in total. The maximum atomic E-state index is 5.36. The number of aliphatic imine (C=N–C) groups is 1. The summed E-state index contributed by atoms with van der Waals surface area (Å²) in [6, 6.07) is 0. The third kappa shape index (κ3) is 6.61. The zero-order valence-corrected chi connectivity index (χ0v) is 17.4. The molecule has 1 fully saturated rings. The van der Waals surface area contributed by atoms with E-state index in [-0.39, 0.29) is 24.0 Å². The fraction of sp³-hybridized carbons (Fsp3) is 0.833. The van der Waals surface area contributed by atoms with E-state index in [4.69, 9.17) is 4.74 Å². The lowest BCUT2D eigenvalue weighted by Crippen LogP contribution is -2.50. The highest BCUT2D eigenvalue weighted by atomic mass is 127. The third-order valence-corrected chi connectivity index (χ3v) is 4.93. The van der Waals surface area contributed by atoms with Crippen molar-refractivity contribution in [3.8, 4) is 0 Å². The number of nitrogens with zero attached hydrogens (tertiary/aromatic N) is 2. The number of ether oxygens (including phenoxy) is 1. The van der Waals surface area contributed by atoms with Crippen LogP contribution in [0.1, 0.15) is 52.4 Å². The maximum Gasteiger partial charge on any atom is 0.193 e. The van der Waals surface area contributed by atoms with Crippen LogP contribution in [0.5, 0.6) is 0 Å². The monoisotopic (exact) mass is 435 g/mol. The minimum absolute atomic E-state index is 0. The lowest BCUT2D eigenvalue weighted by atomic mass is 9.78. The Morgan fingerprint density at radius 3 is 2.96 bits per heavy atom. The summed E-state index contributed by atoms with van der Waals surface area (Å²) in [5.74, 6) is 1.08. The quantitative estimate of drug-likeness (QED) is 0.309. The molecule has 23 heavy (non-hydrogen) atoms. The third-order valence-electron chi connectivity index (χ3n) is 4.93. The number of hydrogen-bond donors (Lipinski definition) is 1. The van der Waals surface area contributed by atoms with Gasteiger partial charge in [-0.05, 0) is 37.5 Å². The van der Waals surface area contributed by atoms with E-state index in [1.54, 1.807) is 0 Å². The lowest BCUT2D eigenvalue weighted by molar-refractivity contribution is 0.142. The number of nitrogens with one attached hydrogen (secondary N) is 1. The Morgan fingerprint density at radius 2 is 2.30 bits per heavy atom. The molecule has 5 heteroatoms. The molecule has 0 radical (unpaired) electrons. The molecule has 2 rings (SSSR count). The molecule has 0 aromatic rings. The highest BCUT2D eigenvalue weighted by Crippen LogP contribution is 2.33. The van der Waals surface area contributed by atoms with Gasteiger partial charge in [0.25, 0.3) is 0 Å². The Bertz CT molecular complexity index is 407. The van der Waals surface area contributed by atoms with Crippen molar-refractivity contribution in [2.24, 2.45) is 10.4 Å². The smallest absolute Gasteiger partial charge is 0.193 e. The molecule has 2 aliphatic heterocycles. The molecule has 4 nitrogen and oxygen atoms in total. The number of guanidine groups is 1. The van der Waals surface area contributed by atoms with Crippen LogP contribution in [-0.4, -0.2) is 50.8 Å². The van der Waals surface area contributed by atoms with E-state index >= 15 is 0 Å². The SMILES string of the molecule is CCCC1(C)CCCN(C(=NC)NCCC2=CCOCC2)C1.I. The Hall–Kier alpha value is -0.300. The van der Waals surface area contributed by atoms with Crippen molar-refractivity contribution < 1.29 is 4.74 Å². The van der Waals surface area contributed by atoms with Crippen LogP contribution in [-0.2, 0) is 4.74 Å². The Morgan fingerprint density at radius 1 is 1.48 bits per heavy atom. The van der Waals surface area contributed by atoms with Crippen molar-refractivity contribution in [3.63, 3.8) is 0 Å². The molecule has 1 unspecified atom stereocenters. The van der Waals surface area contributed by atoms with Crippen LogP contribution < -0.4 is 5.32 Å². The minimum atomic E-state index is 0. The summed E-state index contributed by atoms with van der Waals surface area (Å²) in [5, 5.41) is 3.56. The number of hydrogen-bond acceptors (Lipinski definition) is 2. The van der Waals surface area contributed by atoms with Gasteiger partial charge in [-0.1, -0.05) is 31.9 Å². The molecule has 134 valence electrons. The normalized spacial score (nSPS) is 25.6. The summed E-state index contributed by atoms with van der Waals surface area (Å²) in [5.41, 5.74) is 1.97. The van der Waals surface area contributed by atoms with Gasteiger partial charge >= 0.3 is 0 Å². The Balaban J connectivity index is 0.00000264. The van der Waals surface area contributed by atoms with Gasteiger partial charge in [0.15, 0.2) is 5.96 Å². The van der Waals surface area contributed by atoms with E-state index in [0.717, 1.165) is 51.6 Å². The Kier molecular flexibility index (Phi) is 9.51. The van der Waals surface area contributed by atoms with Crippen molar-refractivity contribution in [3.05, 3.63) is 11.6 Å². The first kappa shape index (κ1) is 20.7. The van der Waals surface area contributed by atoms with Gasteiger partial charge in [0.1, 0.15) is 0 Å². The molecule has 0 aliphatic carbocycles. The van der Waals surface area contributed by atoms with Crippen LogP contribution in [0, 0.1) is 5.41 Å². The standard InChI is InChI=1S/C18H33N3O.HI/c1-4-9-18(2)10-5-12-21(15-18)17(19-3)20-11-6-16-7-13-22-14-8-16;/h7H,4-6,8-15H2,1-3H3,(H,19,20);1H. The molecular formula is C18H34IN3O. The van der Waals surface area contributed by atoms with Gasteiger partial charge in [0, 0.05) is 26.7 Å². The second kappa shape index (κ2) is 10.5. The van der Waals surface area contributed by atoms with Crippen molar-refractivity contribution >= 4 is 29.9 Å². The van der Waals surface area contributed by atoms with Crippen molar-refractivity contribution in [2.45, 2.75) is 52.4 Å². The summed E-state index contributed by atoms with van der Waals surface area (Å²) in [6.45, 7) is 9.63. The predicted molar refractivity (Wildman–Crippen MR) is 109 cm³/mol. The molecule has 0 amide bonds. The van der Waals surface area contributed by atoms with E-state index in [1.165, 1.54) is 31.3 Å². The molecular weight excluding hydrogens is 401 g/mol. The summed E-state index contributed by atoms with van der Waals surface area (Å²) >= 11 is 0. The average Bonchev–Trinajstić information content (AvgIpc) is 2.52. The lowest BCUT2D eigenvalue weighted by Gasteiger charge is -2.42. The molecule has 0 bridgehead atoms. The second-order valence-electron chi connectivity index (χ2n) is 7.00. The molecule has 2 aliphatic rings. The first-order valence-corrected chi connectivity index (χ1v) is 8.88. The highest BCUT2D eigenvalue weighted by Gasteiger charge is 2.31. The van der Waals surface area contributed by atoms with Gasteiger partial charge in [-0.2, -0.15) is 0 Å². The van der Waals surface area contributed by atoms with Gasteiger partial charge in [0.2, 0.25) is 0 Å². The number of piperidine rings is 1. The number of likely N-dealkylation sites (tertiary alicyclic amines) is 1. The van der Waals surface area contributed by atoms with Gasteiger partial charge in [-0.25, -0.2) is 0 Å². The van der Waals surface area contributed by atoms with Crippen molar-refractivity contribution in [2.75, 3.05) is 39.9 Å².